The molecule has 0 heterocycles. The van der Waals surface area contributed by atoms with E-state index < -0.39 is 0 Å². The second kappa shape index (κ2) is 9.24. The van der Waals surface area contributed by atoms with E-state index in [0.717, 1.165) is 21.3 Å². The first-order valence-electron chi connectivity index (χ1n) is 8.79. The van der Waals surface area contributed by atoms with Gasteiger partial charge in [0.05, 0.1) is 7.11 Å². The van der Waals surface area contributed by atoms with Crippen molar-refractivity contribution in [1.82, 2.24) is 5.32 Å². The quantitative estimate of drug-likeness (QED) is 0.664. The number of anilines is 1. The van der Waals surface area contributed by atoms with Crippen LogP contribution in [0.4, 0.5) is 5.69 Å². The number of aryl methyl sites for hydroxylation is 1. The van der Waals surface area contributed by atoms with Gasteiger partial charge in [-0.1, -0.05) is 33.6 Å². The highest BCUT2D eigenvalue weighted by molar-refractivity contribution is 9.10. The monoisotopic (exact) mass is 434 g/mol. The molecular weight excluding hydrogens is 408 g/mol. The number of halogens is 1. The Kier molecular flexibility index (Phi) is 7.27. The maximum absolute atomic E-state index is 12.1. The maximum Gasteiger partial charge on any atom is 0.262 e. The summed E-state index contributed by atoms with van der Waals surface area (Å²) >= 11 is 3.57. The van der Waals surface area contributed by atoms with Gasteiger partial charge in [-0.3, -0.25) is 4.79 Å². The molecule has 5 nitrogen and oxygen atoms in total. The van der Waals surface area contributed by atoms with Gasteiger partial charge >= 0.3 is 0 Å². The predicted molar refractivity (Wildman–Crippen MR) is 113 cm³/mol. The number of amides is 1. The van der Waals surface area contributed by atoms with Gasteiger partial charge in [-0.25, -0.2) is 0 Å². The number of methoxy groups -OCH3 is 1. The van der Waals surface area contributed by atoms with Crippen molar-refractivity contribution in [3.63, 3.8) is 0 Å². The molecule has 2 N–H and O–H groups in total. The average Bonchev–Trinajstić information content (AvgIpc) is 2.60. The largest absolute Gasteiger partial charge is 0.493 e. The zero-order valence-electron chi connectivity index (χ0n) is 16.5. The zero-order chi connectivity index (χ0) is 20.0. The molecular formula is C21H27BrN2O3. The van der Waals surface area contributed by atoms with Crippen molar-refractivity contribution in [1.29, 1.82) is 0 Å². The molecule has 2 aromatic carbocycles. The molecule has 2 rings (SSSR count). The van der Waals surface area contributed by atoms with Gasteiger partial charge in [-0.05, 0) is 57.5 Å². The van der Waals surface area contributed by atoms with Gasteiger partial charge in [0, 0.05) is 22.2 Å². The topological polar surface area (TPSA) is 59.6 Å². The van der Waals surface area contributed by atoms with E-state index in [9.17, 15) is 4.79 Å². The summed E-state index contributed by atoms with van der Waals surface area (Å²) < 4.78 is 12.0. The normalized spacial score (nSPS) is 11.2. The predicted octanol–water partition coefficient (Wildman–Crippen LogP) is 4.67. The third-order valence-corrected chi connectivity index (χ3v) is 4.57. The van der Waals surface area contributed by atoms with Crippen LogP contribution in [0.2, 0.25) is 0 Å². The molecule has 146 valence electrons. The lowest BCUT2D eigenvalue weighted by Crippen LogP contribution is -2.35. The van der Waals surface area contributed by atoms with Crippen LogP contribution in [0.3, 0.4) is 0 Å². The summed E-state index contributed by atoms with van der Waals surface area (Å²) in [6.45, 7) is 8.93. The minimum absolute atomic E-state index is 0.00983. The SMILES string of the molecule is COc1cc(CNC(C)(C)C)c(Br)cc1OCC(=O)Nc1ccc(C)cc1. The molecule has 0 fully saturated rings. The number of ether oxygens (including phenoxy) is 2. The highest BCUT2D eigenvalue weighted by atomic mass is 79.9. The summed E-state index contributed by atoms with van der Waals surface area (Å²) in [5.74, 6) is 0.880. The molecule has 0 atom stereocenters. The molecule has 0 aliphatic carbocycles. The first-order chi connectivity index (χ1) is 12.7. The molecule has 0 saturated heterocycles. The van der Waals surface area contributed by atoms with Gasteiger partial charge in [-0.15, -0.1) is 0 Å². The highest BCUT2D eigenvalue weighted by Crippen LogP contribution is 2.33. The molecule has 0 saturated carbocycles. The van der Waals surface area contributed by atoms with Crippen molar-refractivity contribution in [3.8, 4) is 11.5 Å². The molecule has 0 radical (unpaired) electrons. The highest BCUT2D eigenvalue weighted by Gasteiger charge is 2.14. The van der Waals surface area contributed by atoms with Crippen LogP contribution in [-0.4, -0.2) is 25.2 Å². The van der Waals surface area contributed by atoms with Gasteiger partial charge in [0.25, 0.3) is 5.91 Å². The van der Waals surface area contributed by atoms with Gasteiger partial charge in [0.1, 0.15) is 0 Å². The van der Waals surface area contributed by atoms with Crippen molar-refractivity contribution in [2.24, 2.45) is 0 Å². The number of hydrogen-bond donors (Lipinski definition) is 2. The minimum atomic E-state index is -0.226. The first-order valence-corrected chi connectivity index (χ1v) is 9.58. The van der Waals surface area contributed by atoms with Crippen LogP contribution in [0.5, 0.6) is 11.5 Å². The van der Waals surface area contributed by atoms with Crippen LogP contribution in [0.1, 0.15) is 31.9 Å². The molecule has 0 aliphatic heterocycles. The van der Waals surface area contributed by atoms with Crippen molar-refractivity contribution in [2.75, 3.05) is 19.0 Å². The third kappa shape index (κ3) is 6.88. The summed E-state index contributed by atoms with van der Waals surface area (Å²) in [7, 11) is 1.59. The molecule has 2 aromatic rings. The Hall–Kier alpha value is -2.05. The zero-order valence-corrected chi connectivity index (χ0v) is 18.1. The molecule has 0 aliphatic rings. The smallest absolute Gasteiger partial charge is 0.262 e. The van der Waals surface area contributed by atoms with Gasteiger partial charge in [-0.2, -0.15) is 0 Å². The van der Waals surface area contributed by atoms with E-state index in [1.807, 2.05) is 43.3 Å². The van der Waals surface area contributed by atoms with E-state index in [1.54, 1.807) is 7.11 Å². The maximum atomic E-state index is 12.1. The standard InChI is InChI=1S/C21H27BrN2O3/c1-14-6-8-16(9-7-14)24-20(25)13-27-19-11-17(22)15(10-18(19)26-5)12-23-21(2,3)4/h6-11,23H,12-13H2,1-5H3,(H,24,25). The third-order valence-electron chi connectivity index (χ3n) is 3.84. The Bertz CT molecular complexity index is 783. The number of carbonyl (C=O) groups is 1. The molecule has 0 unspecified atom stereocenters. The van der Waals surface area contributed by atoms with Crippen LogP contribution >= 0.6 is 15.9 Å². The van der Waals surface area contributed by atoms with E-state index in [4.69, 9.17) is 9.47 Å². The summed E-state index contributed by atoms with van der Waals surface area (Å²) in [5.41, 5.74) is 2.94. The van der Waals surface area contributed by atoms with Crippen molar-refractivity contribution in [3.05, 3.63) is 52.0 Å². The molecule has 0 aromatic heterocycles. The lowest BCUT2D eigenvalue weighted by Gasteiger charge is -2.21. The number of rotatable bonds is 7. The Balaban J connectivity index is 2.01. The fourth-order valence-electron chi connectivity index (χ4n) is 2.32. The molecule has 1 amide bonds. The summed E-state index contributed by atoms with van der Waals surface area (Å²) in [6.07, 6.45) is 0. The Labute approximate surface area is 169 Å². The lowest BCUT2D eigenvalue weighted by molar-refractivity contribution is -0.118. The summed E-state index contributed by atoms with van der Waals surface area (Å²) in [6, 6.07) is 11.4. The first kappa shape index (κ1) is 21.3. The fourth-order valence-corrected chi connectivity index (χ4v) is 2.79. The minimum Gasteiger partial charge on any atom is -0.493 e. The van der Waals surface area contributed by atoms with Crippen LogP contribution < -0.4 is 20.1 Å². The van der Waals surface area contributed by atoms with Crippen LogP contribution in [0, 0.1) is 6.92 Å². The van der Waals surface area contributed by atoms with Crippen LogP contribution in [-0.2, 0) is 11.3 Å². The van der Waals surface area contributed by atoms with E-state index in [2.05, 4.69) is 47.3 Å². The number of hydrogen-bond acceptors (Lipinski definition) is 4. The molecule has 0 bridgehead atoms. The van der Waals surface area contributed by atoms with Gasteiger partial charge < -0.3 is 20.1 Å². The Morgan fingerprint density at radius 1 is 1.11 bits per heavy atom. The van der Waals surface area contributed by atoms with Crippen molar-refractivity contribution >= 4 is 27.5 Å². The average molecular weight is 435 g/mol. The molecule has 0 spiro atoms. The second-order valence-electron chi connectivity index (χ2n) is 7.40. The summed E-state index contributed by atoms with van der Waals surface area (Å²) in [5, 5.41) is 6.25. The Morgan fingerprint density at radius 3 is 2.37 bits per heavy atom. The molecule has 6 heteroatoms. The molecule has 27 heavy (non-hydrogen) atoms. The van der Waals surface area contributed by atoms with Crippen molar-refractivity contribution < 1.29 is 14.3 Å². The number of benzene rings is 2. The van der Waals surface area contributed by atoms with E-state index in [1.165, 1.54) is 0 Å². The van der Waals surface area contributed by atoms with Crippen LogP contribution in [0.25, 0.3) is 0 Å². The van der Waals surface area contributed by atoms with Crippen LogP contribution in [0.15, 0.2) is 40.9 Å². The number of nitrogens with one attached hydrogen (secondary N) is 2. The Morgan fingerprint density at radius 2 is 1.78 bits per heavy atom. The van der Waals surface area contributed by atoms with E-state index in [0.29, 0.717) is 18.0 Å². The van der Waals surface area contributed by atoms with Gasteiger partial charge in [0.15, 0.2) is 18.1 Å². The lowest BCUT2D eigenvalue weighted by atomic mass is 10.1. The summed E-state index contributed by atoms with van der Waals surface area (Å²) in [4.78, 5) is 12.1. The van der Waals surface area contributed by atoms with Crippen molar-refractivity contribution in [2.45, 2.75) is 39.8 Å². The van der Waals surface area contributed by atoms with E-state index in [-0.39, 0.29) is 18.1 Å². The van der Waals surface area contributed by atoms with E-state index >= 15 is 0 Å². The number of carbonyl (C=O) groups excluding carboxylic acids is 1. The fraction of sp³-hybridized carbons (Fsp3) is 0.381. The van der Waals surface area contributed by atoms with Gasteiger partial charge in [0.2, 0.25) is 0 Å². The second-order valence-corrected chi connectivity index (χ2v) is 8.26.